The van der Waals surface area contributed by atoms with E-state index < -0.39 is 12.1 Å². The first-order chi connectivity index (χ1) is 7.66. The quantitative estimate of drug-likeness (QED) is 0.340. The number of carboxylic acid groups (broad SMARTS) is 1. The van der Waals surface area contributed by atoms with Crippen LogP contribution in [0, 0.1) is 0 Å². The molecule has 1 unspecified atom stereocenters. The van der Waals surface area contributed by atoms with Crippen molar-refractivity contribution in [1.29, 1.82) is 0 Å². The molecule has 92 valence electrons. The van der Waals surface area contributed by atoms with Crippen LogP contribution >= 0.6 is 0 Å². The van der Waals surface area contributed by atoms with E-state index in [4.69, 9.17) is 5.11 Å². The summed E-state index contributed by atoms with van der Waals surface area (Å²) >= 11 is 0. The largest absolute Gasteiger partial charge is 0.481 e. The van der Waals surface area contributed by atoms with Crippen LogP contribution in [0.15, 0.2) is 12.2 Å². The first-order valence-corrected chi connectivity index (χ1v) is 5.68. The highest BCUT2D eigenvalue weighted by atomic mass is 16.4. The molecule has 4 heteroatoms. The van der Waals surface area contributed by atoms with E-state index in [2.05, 4.69) is 0 Å². The Hall–Kier alpha value is -1.16. The third-order valence-corrected chi connectivity index (χ3v) is 2.30. The second-order valence-corrected chi connectivity index (χ2v) is 3.79. The van der Waals surface area contributed by atoms with Crippen LogP contribution in [0.1, 0.15) is 44.9 Å². The zero-order chi connectivity index (χ0) is 12.2. The van der Waals surface area contributed by atoms with E-state index in [0.29, 0.717) is 12.7 Å². The monoisotopic (exact) mass is 228 g/mol. The van der Waals surface area contributed by atoms with Crippen molar-refractivity contribution in [3.63, 3.8) is 0 Å². The fourth-order valence-corrected chi connectivity index (χ4v) is 1.43. The Labute approximate surface area is 96.0 Å². The first-order valence-electron chi connectivity index (χ1n) is 5.68. The van der Waals surface area contributed by atoms with Gasteiger partial charge in [0.15, 0.2) is 0 Å². The van der Waals surface area contributed by atoms with E-state index in [-0.39, 0.29) is 6.42 Å². The summed E-state index contributed by atoms with van der Waals surface area (Å²) in [6.45, 7) is 0. The van der Waals surface area contributed by atoms with Crippen molar-refractivity contribution in [1.82, 2.24) is 0 Å². The SMILES string of the molecule is O=C/C=C\C(O)CCCCCCCC(=O)O. The molecule has 0 aliphatic rings. The van der Waals surface area contributed by atoms with Crippen LogP contribution < -0.4 is 0 Å². The molecule has 16 heavy (non-hydrogen) atoms. The average Bonchev–Trinajstić information content (AvgIpc) is 2.24. The maximum absolute atomic E-state index is 10.2. The highest BCUT2D eigenvalue weighted by molar-refractivity contribution is 5.66. The van der Waals surface area contributed by atoms with Crippen molar-refractivity contribution in [3.05, 3.63) is 12.2 Å². The average molecular weight is 228 g/mol. The third-order valence-electron chi connectivity index (χ3n) is 2.30. The molecule has 0 aromatic heterocycles. The van der Waals surface area contributed by atoms with Gasteiger partial charge in [0.1, 0.15) is 6.29 Å². The van der Waals surface area contributed by atoms with Crippen LogP contribution in [0.4, 0.5) is 0 Å². The van der Waals surface area contributed by atoms with Crippen LogP contribution in [0.2, 0.25) is 0 Å². The Morgan fingerprint density at radius 3 is 2.38 bits per heavy atom. The zero-order valence-electron chi connectivity index (χ0n) is 9.47. The molecule has 0 radical (unpaired) electrons. The molecule has 0 saturated heterocycles. The molecule has 0 fully saturated rings. The van der Waals surface area contributed by atoms with Gasteiger partial charge in [0.25, 0.3) is 0 Å². The minimum atomic E-state index is -0.741. The number of hydrogen-bond acceptors (Lipinski definition) is 3. The molecule has 0 aromatic rings. The smallest absolute Gasteiger partial charge is 0.303 e. The predicted molar refractivity (Wildman–Crippen MR) is 61.2 cm³/mol. The van der Waals surface area contributed by atoms with Gasteiger partial charge in [-0.05, 0) is 18.9 Å². The van der Waals surface area contributed by atoms with Gasteiger partial charge in [0.2, 0.25) is 0 Å². The van der Waals surface area contributed by atoms with Crippen molar-refractivity contribution in [2.24, 2.45) is 0 Å². The number of unbranched alkanes of at least 4 members (excludes halogenated alkanes) is 4. The maximum atomic E-state index is 10.2. The zero-order valence-corrected chi connectivity index (χ0v) is 9.47. The summed E-state index contributed by atoms with van der Waals surface area (Å²) in [5, 5.41) is 17.7. The van der Waals surface area contributed by atoms with E-state index in [1.54, 1.807) is 0 Å². The highest BCUT2D eigenvalue weighted by Crippen LogP contribution is 2.09. The van der Waals surface area contributed by atoms with Crippen LogP contribution in [0.5, 0.6) is 0 Å². The summed E-state index contributed by atoms with van der Waals surface area (Å²) in [4.78, 5) is 20.2. The summed E-state index contributed by atoms with van der Waals surface area (Å²) in [7, 11) is 0. The number of allylic oxidation sites excluding steroid dienone is 1. The van der Waals surface area contributed by atoms with Gasteiger partial charge in [0, 0.05) is 6.42 Å². The number of aliphatic carboxylic acids is 1. The van der Waals surface area contributed by atoms with Gasteiger partial charge >= 0.3 is 5.97 Å². The number of hydrogen-bond donors (Lipinski definition) is 2. The molecule has 0 heterocycles. The molecule has 0 aliphatic heterocycles. The third kappa shape index (κ3) is 10.9. The summed E-state index contributed by atoms with van der Waals surface area (Å²) in [5.41, 5.74) is 0. The van der Waals surface area contributed by atoms with Crippen molar-refractivity contribution in [3.8, 4) is 0 Å². The standard InChI is InChI=1S/C12H20O4/c13-10-6-8-11(14)7-4-2-1-3-5-9-12(15)16/h6,8,10-11,14H,1-5,7,9H2,(H,15,16)/b8-6-. The molecule has 0 amide bonds. The Bertz CT molecular complexity index is 223. The molecule has 2 N–H and O–H groups in total. The highest BCUT2D eigenvalue weighted by Gasteiger charge is 1.99. The van der Waals surface area contributed by atoms with Gasteiger partial charge in [-0.3, -0.25) is 9.59 Å². The van der Waals surface area contributed by atoms with Crippen molar-refractivity contribution in [2.75, 3.05) is 0 Å². The molecule has 0 spiro atoms. The minimum absolute atomic E-state index is 0.241. The van der Waals surface area contributed by atoms with E-state index in [9.17, 15) is 14.7 Å². The van der Waals surface area contributed by atoms with Gasteiger partial charge < -0.3 is 10.2 Å². The Morgan fingerprint density at radius 2 is 1.75 bits per heavy atom. The first kappa shape index (κ1) is 14.8. The van der Waals surface area contributed by atoms with Gasteiger partial charge in [-0.25, -0.2) is 0 Å². The number of aldehydes is 1. The fourth-order valence-electron chi connectivity index (χ4n) is 1.43. The van der Waals surface area contributed by atoms with Crippen molar-refractivity contribution >= 4 is 12.3 Å². The maximum Gasteiger partial charge on any atom is 0.303 e. The lowest BCUT2D eigenvalue weighted by Crippen LogP contribution is -2.01. The molecule has 0 saturated carbocycles. The molecule has 0 rings (SSSR count). The number of carbonyl (C=O) groups excluding carboxylic acids is 1. The summed E-state index contributed by atoms with van der Waals surface area (Å²) < 4.78 is 0. The lowest BCUT2D eigenvalue weighted by atomic mass is 10.1. The normalized spacial score (nSPS) is 12.8. The predicted octanol–water partition coefficient (Wildman–Crippen LogP) is 1.92. The Balaban J connectivity index is 3.23. The molecule has 0 aliphatic carbocycles. The van der Waals surface area contributed by atoms with Gasteiger partial charge in [-0.15, -0.1) is 0 Å². The van der Waals surface area contributed by atoms with Crippen LogP contribution in [0.3, 0.4) is 0 Å². The van der Waals surface area contributed by atoms with E-state index in [0.717, 1.165) is 32.1 Å². The number of aliphatic hydroxyl groups excluding tert-OH is 1. The minimum Gasteiger partial charge on any atom is -0.481 e. The van der Waals surface area contributed by atoms with Gasteiger partial charge in [-0.2, -0.15) is 0 Å². The van der Waals surface area contributed by atoms with Crippen molar-refractivity contribution in [2.45, 2.75) is 51.0 Å². The molecular formula is C12H20O4. The Morgan fingerprint density at radius 1 is 1.12 bits per heavy atom. The van der Waals surface area contributed by atoms with Crippen LogP contribution in [-0.2, 0) is 9.59 Å². The van der Waals surface area contributed by atoms with E-state index in [1.807, 2.05) is 0 Å². The lowest BCUT2D eigenvalue weighted by Gasteiger charge is -2.04. The topological polar surface area (TPSA) is 74.6 Å². The number of aliphatic hydroxyl groups is 1. The Kier molecular flexibility index (Phi) is 9.61. The molecule has 0 bridgehead atoms. The molecule has 1 atom stereocenters. The number of rotatable bonds is 10. The lowest BCUT2D eigenvalue weighted by molar-refractivity contribution is -0.137. The van der Waals surface area contributed by atoms with Crippen LogP contribution in [0.25, 0.3) is 0 Å². The fraction of sp³-hybridized carbons (Fsp3) is 0.667. The van der Waals surface area contributed by atoms with E-state index >= 15 is 0 Å². The number of carbonyl (C=O) groups is 2. The molecule has 0 aromatic carbocycles. The number of carboxylic acids is 1. The van der Waals surface area contributed by atoms with E-state index in [1.165, 1.54) is 12.2 Å². The molecular weight excluding hydrogens is 208 g/mol. The second kappa shape index (κ2) is 10.4. The van der Waals surface area contributed by atoms with Gasteiger partial charge in [0.05, 0.1) is 6.10 Å². The summed E-state index contributed by atoms with van der Waals surface area (Å²) in [5.74, 6) is -0.741. The summed E-state index contributed by atoms with van der Waals surface area (Å²) in [6.07, 6.45) is 8.33. The van der Waals surface area contributed by atoms with Crippen LogP contribution in [-0.4, -0.2) is 28.6 Å². The molecule has 4 nitrogen and oxygen atoms in total. The summed E-state index contributed by atoms with van der Waals surface area (Å²) in [6, 6.07) is 0. The van der Waals surface area contributed by atoms with Crippen molar-refractivity contribution < 1.29 is 19.8 Å². The van der Waals surface area contributed by atoms with Gasteiger partial charge in [-0.1, -0.05) is 31.8 Å². The second-order valence-electron chi connectivity index (χ2n) is 3.79.